The highest BCUT2D eigenvalue weighted by Gasteiger charge is 2.13. The molecule has 0 aliphatic heterocycles. The molecule has 2 heterocycles. The van der Waals surface area contributed by atoms with Gasteiger partial charge < -0.3 is 15.2 Å². The molecule has 25 heavy (non-hydrogen) atoms. The van der Waals surface area contributed by atoms with Crippen LogP contribution < -0.4 is 15.2 Å². The zero-order valence-corrected chi connectivity index (χ0v) is 14.7. The fraction of sp³-hybridized carbons (Fsp3) is 0.0588. The third kappa shape index (κ3) is 4.12. The third-order valence-corrected chi connectivity index (χ3v) is 4.32. The van der Waals surface area contributed by atoms with E-state index < -0.39 is 5.82 Å². The van der Waals surface area contributed by atoms with Gasteiger partial charge in [-0.1, -0.05) is 17.7 Å². The number of nitrogens with zero attached hydrogens (tertiary/aromatic N) is 2. The van der Waals surface area contributed by atoms with E-state index in [1.54, 1.807) is 18.2 Å². The average Bonchev–Trinajstić information content (AvgIpc) is 2.61. The molecule has 2 aromatic heterocycles. The molecule has 0 unspecified atom stereocenters. The van der Waals surface area contributed by atoms with Gasteiger partial charge in [-0.25, -0.2) is 14.4 Å². The summed E-state index contributed by atoms with van der Waals surface area (Å²) >= 11 is 7.50. The van der Waals surface area contributed by atoms with E-state index in [2.05, 4.69) is 14.7 Å². The van der Waals surface area contributed by atoms with Crippen LogP contribution in [0.4, 0.5) is 16.0 Å². The van der Waals surface area contributed by atoms with E-state index in [9.17, 15) is 4.39 Å². The first-order chi connectivity index (χ1) is 12.1. The third-order valence-electron chi connectivity index (χ3n) is 3.27. The van der Waals surface area contributed by atoms with Gasteiger partial charge in [-0.15, -0.1) is 0 Å². The maximum Gasteiger partial charge on any atom is 0.136 e. The molecule has 0 bridgehead atoms. The fourth-order valence-corrected chi connectivity index (χ4v) is 2.97. The van der Waals surface area contributed by atoms with Crippen molar-refractivity contribution in [2.75, 3.05) is 17.6 Å². The molecule has 3 rings (SSSR count). The molecule has 1 aromatic carbocycles. The Bertz CT molecular complexity index is 910. The molecule has 0 atom stereocenters. The molecular weight excluding hydrogens is 363 g/mol. The van der Waals surface area contributed by atoms with E-state index in [4.69, 9.17) is 22.1 Å². The molecule has 0 fully saturated rings. The maximum absolute atomic E-state index is 13.6. The molecule has 0 saturated heterocycles. The summed E-state index contributed by atoms with van der Waals surface area (Å²) in [4.78, 5) is 8.64. The Kier molecular flexibility index (Phi) is 5.25. The number of hydrogen-bond donors (Lipinski definition) is 2. The molecule has 8 heteroatoms. The minimum atomic E-state index is -0.398. The number of nitrogen functional groups attached to an aromatic ring is 1. The second-order valence-corrected chi connectivity index (χ2v) is 6.21. The molecule has 3 N–H and O–H groups in total. The van der Waals surface area contributed by atoms with Gasteiger partial charge >= 0.3 is 0 Å². The summed E-state index contributed by atoms with van der Waals surface area (Å²) in [6.45, 7) is 0. The van der Waals surface area contributed by atoms with Crippen LogP contribution in [-0.2, 0) is 0 Å². The van der Waals surface area contributed by atoms with Gasteiger partial charge in [-0.3, -0.25) is 0 Å². The predicted octanol–water partition coefficient (Wildman–Crippen LogP) is 4.65. The van der Waals surface area contributed by atoms with Crippen LogP contribution in [0.1, 0.15) is 0 Å². The van der Waals surface area contributed by atoms with E-state index in [0.29, 0.717) is 38.7 Å². The van der Waals surface area contributed by atoms with Gasteiger partial charge in [-0.2, -0.15) is 0 Å². The predicted molar refractivity (Wildman–Crippen MR) is 99.3 cm³/mol. The van der Waals surface area contributed by atoms with Crippen LogP contribution in [0.2, 0.25) is 5.02 Å². The number of nitrogens with one attached hydrogen (secondary N) is 1. The Balaban J connectivity index is 1.89. The number of nitrogens with two attached hydrogens (primary N) is 1. The van der Waals surface area contributed by atoms with Crippen molar-refractivity contribution in [2.45, 2.75) is 5.03 Å². The SMILES string of the molecule is COc1ccc(F)cc1-c1nc(NSc2cccc(N)n2)ccc1Cl. The van der Waals surface area contributed by atoms with Crippen molar-refractivity contribution in [3.05, 3.63) is 59.4 Å². The smallest absolute Gasteiger partial charge is 0.136 e. The van der Waals surface area contributed by atoms with Crippen molar-refractivity contribution < 1.29 is 9.13 Å². The number of ether oxygens (including phenoxy) is 1. The zero-order valence-electron chi connectivity index (χ0n) is 13.2. The molecule has 5 nitrogen and oxygen atoms in total. The summed E-state index contributed by atoms with van der Waals surface area (Å²) in [5.74, 6) is 1.06. The summed E-state index contributed by atoms with van der Waals surface area (Å²) in [5, 5.41) is 1.09. The molecule has 0 amide bonds. The highest BCUT2D eigenvalue weighted by Crippen LogP contribution is 2.35. The van der Waals surface area contributed by atoms with Crippen LogP contribution in [0.25, 0.3) is 11.3 Å². The van der Waals surface area contributed by atoms with E-state index in [1.165, 1.54) is 37.3 Å². The molecule has 0 spiro atoms. The van der Waals surface area contributed by atoms with Gasteiger partial charge in [0.15, 0.2) is 0 Å². The number of halogens is 2. The molecule has 0 radical (unpaired) electrons. The summed E-state index contributed by atoms with van der Waals surface area (Å²) in [5.41, 5.74) is 6.55. The molecule has 128 valence electrons. The minimum absolute atomic E-state index is 0.390. The Morgan fingerprint density at radius 3 is 2.76 bits per heavy atom. The largest absolute Gasteiger partial charge is 0.496 e. The molecule has 3 aromatic rings. The number of methoxy groups -OCH3 is 1. The van der Waals surface area contributed by atoms with E-state index in [0.717, 1.165) is 0 Å². The average molecular weight is 377 g/mol. The van der Waals surface area contributed by atoms with E-state index in [-0.39, 0.29) is 0 Å². The first-order valence-electron chi connectivity index (χ1n) is 7.22. The van der Waals surface area contributed by atoms with Crippen LogP contribution in [0, 0.1) is 5.82 Å². The lowest BCUT2D eigenvalue weighted by atomic mass is 10.1. The van der Waals surface area contributed by atoms with Gasteiger partial charge in [0.05, 0.1) is 17.8 Å². The van der Waals surface area contributed by atoms with E-state index >= 15 is 0 Å². The van der Waals surface area contributed by atoms with E-state index in [1.807, 2.05) is 12.1 Å². The normalized spacial score (nSPS) is 10.5. The zero-order chi connectivity index (χ0) is 17.8. The van der Waals surface area contributed by atoms with Gasteiger partial charge in [-0.05, 0) is 42.5 Å². The molecule has 0 aliphatic carbocycles. The van der Waals surface area contributed by atoms with Crippen molar-refractivity contribution in [1.29, 1.82) is 0 Å². The van der Waals surface area contributed by atoms with Crippen LogP contribution >= 0.6 is 23.5 Å². The fourth-order valence-electron chi connectivity index (χ4n) is 2.15. The number of rotatable bonds is 5. The van der Waals surface area contributed by atoms with Gasteiger partial charge in [0, 0.05) is 17.5 Å². The molecule has 0 aliphatic rings. The number of anilines is 2. The van der Waals surface area contributed by atoms with Crippen LogP contribution in [0.3, 0.4) is 0 Å². The summed E-state index contributed by atoms with van der Waals surface area (Å²) in [7, 11) is 1.51. The van der Waals surface area contributed by atoms with Crippen LogP contribution in [0.15, 0.2) is 53.6 Å². The first-order valence-corrected chi connectivity index (χ1v) is 8.42. The Morgan fingerprint density at radius 2 is 2.00 bits per heavy atom. The first kappa shape index (κ1) is 17.3. The lowest BCUT2D eigenvalue weighted by Crippen LogP contribution is -1.97. The number of aromatic nitrogens is 2. The Morgan fingerprint density at radius 1 is 1.16 bits per heavy atom. The summed E-state index contributed by atoms with van der Waals surface area (Å²) in [6, 6.07) is 12.9. The second kappa shape index (κ2) is 7.58. The monoisotopic (exact) mass is 376 g/mol. The van der Waals surface area contributed by atoms with Gasteiger partial charge in [0.25, 0.3) is 0 Å². The molecular formula is C17H14ClFN4OS. The minimum Gasteiger partial charge on any atom is -0.496 e. The van der Waals surface area contributed by atoms with Crippen molar-refractivity contribution in [1.82, 2.24) is 9.97 Å². The van der Waals surface area contributed by atoms with Gasteiger partial charge in [0.1, 0.15) is 28.2 Å². The number of hydrogen-bond acceptors (Lipinski definition) is 6. The highest BCUT2D eigenvalue weighted by atomic mass is 35.5. The lowest BCUT2D eigenvalue weighted by Gasteiger charge is -2.11. The maximum atomic E-state index is 13.6. The van der Waals surface area contributed by atoms with Crippen molar-refractivity contribution in [2.24, 2.45) is 0 Å². The summed E-state index contributed by atoms with van der Waals surface area (Å²) in [6.07, 6.45) is 0. The van der Waals surface area contributed by atoms with Crippen molar-refractivity contribution >= 4 is 35.2 Å². The van der Waals surface area contributed by atoms with Crippen LogP contribution in [-0.4, -0.2) is 17.1 Å². The van der Waals surface area contributed by atoms with Crippen LogP contribution in [0.5, 0.6) is 5.75 Å². The quantitative estimate of drug-likeness (QED) is 0.631. The lowest BCUT2D eigenvalue weighted by molar-refractivity contribution is 0.415. The second-order valence-electron chi connectivity index (χ2n) is 4.98. The topological polar surface area (TPSA) is 73.1 Å². The van der Waals surface area contributed by atoms with Crippen molar-refractivity contribution in [3.63, 3.8) is 0 Å². The number of benzene rings is 1. The number of pyridine rings is 2. The van der Waals surface area contributed by atoms with Crippen molar-refractivity contribution in [3.8, 4) is 17.0 Å². The summed E-state index contributed by atoms with van der Waals surface area (Å²) < 4.78 is 22.0. The Labute approximate surface area is 153 Å². The molecule has 0 saturated carbocycles. The standard InChI is InChI=1S/C17H14ClFN4OS/c1-24-13-7-5-10(19)9-11(13)17-12(18)6-8-15(22-17)23-25-16-4-2-3-14(20)21-16/h2-9H,1H3,(H2,20,21)(H,22,23). The van der Waals surface area contributed by atoms with Gasteiger partial charge in [0.2, 0.25) is 0 Å². The Hall–Kier alpha value is -2.51. The highest BCUT2D eigenvalue weighted by molar-refractivity contribution is 8.00.